The number of quaternary nitrogens is 1. The molecule has 2 unspecified atom stereocenters. The van der Waals surface area contributed by atoms with E-state index in [9.17, 15) is 19.5 Å². The molecule has 0 aliphatic rings. The number of hydrogen-bond donors (Lipinski definition) is 1. The lowest BCUT2D eigenvalue weighted by atomic mass is 10.0. The fourth-order valence-electron chi connectivity index (χ4n) is 5.78. The number of allylic oxidation sites excluding steroid dienone is 4. The predicted molar refractivity (Wildman–Crippen MR) is 202 cm³/mol. The highest BCUT2D eigenvalue weighted by Gasteiger charge is 2.31. The lowest BCUT2D eigenvalue weighted by Gasteiger charge is -2.31. The van der Waals surface area contributed by atoms with Gasteiger partial charge in [-0.1, -0.05) is 134 Å². The Bertz CT molecular complexity index is 864. The minimum Gasteiger partial charge on any atom is -0.477 e. The molecule has 0 rings (SSSR count). The van der Waals surface area contributed by atoms with Gasteiger partial charge in [0.2, 0.25) is 0 Å². The Labute approximate surface area is 301 Å². The van der Waals surface area contributed by atoms with Gasteiger partial charge in [-0.2, -0.15) is 0 Å². The summed E-state index contributed by atoms with van der Waals surface area (Å²) in [5.74, 6) is -1.51. The van der Waals surface area contributed by atoms with Gasteiger partial charge in [0.1, 0.15) is 6.61 Å². The van der Waals surface area contributed by atoms with E-state index in [-0.39, 0.29) is 42.7 Å². The number of likely N-dealkylation sites (N-methyl/N-ethyl adjacent to an activating group) is 1. The Kier molecular flexibility index (Phi) is 31.5. The topological polar surface area (TPSA) is 99.1 Å². The molecule has 0 amide bonds. The molecule has 1 N–H and O–H groups in total. The van der Waals surface area contributed by atoms with Crippen LogP contribution in [0.5, 0.6) is 0 Å². The smallest absolute Gasteiger partial charge is 0.362 e. The number of rotatable bonds is 35. The number of ether oxygens (including phenoxy) is 3. The molecule has 2 atom stereocenters. The number of esters is 2. The average molecular weight is 695 g/mol. The molecular formula is C41H76NO7+. The molecule has 0 saturated heterocycles. The van der Waals surface area contributed by atoms with E-state index in [1.807, 2.05) is 21.1 Å². The van der Waals surface area contributed by atoms with Gasteiger partial charge in [0, 0.05) is 19.3 Å². The molecule has 8 heteroatoms. The van der Waals surface area contributed by atoms with E-state index in [4.69, 9.17) is 14.2 Å². The molecule has 0 aromatic heterocycles. The fraction of sp³-hybridized carbons (Fsp3) is 0.829. The monoisotopic (exact) mass is 695 g/mol. The summed E-state index contributed by atoms with van der Waals surface area (Å²) in [5.41, 5.74) is 0. The van der Waals surface area contributed by atoms with E-state index in [2.05, 4.69) is 38.2 Å². The van der Waals surface area contributed by atoms with Gasteiger partial charge in [-0.25, -0.2) is 4.79 Å². The number of carbonyl (C=O) groups is 3. The van der Waals surface area contributed by atoms with Crippen molar-refractivity contribution in [3.8, 4) is 0 Å². The molecule has 0 bridgehead atoms. The molecule has 0 fully saturated rings. The lowest BCUT2D eigenvalue weighted by molar-refractivity contribution is -0.887. The summed E-state index contributed by atoms with van der Waals surface area (Å²) < 4.78 is 17.1. The van der Waals surface area contributed by atoms with Crippen LogP contribution in [0.15, 0.2) is 24.3 Å². The standard InChI is InChI=1S/C41H75NO7/c1-6-8-10-12-14-16-17-18-19-20-21-22-24-25-27-29-31-39(43)48-36-37(35-47-34-33-38(41(45)46)42(3,4)5)49-40(44)32-30-28-26-23-15-13-11-9-7-2/h9,11,15,23,37-38H,6-8,10,12-14,16-22,24-36H2,1-5H3/p+1/b11-9+,23-15+. The van der Waals surface area contributed by atoms with E-state index >= 15 is 0 Å². The summed E-state index contributed by atoms with van der Waals surface area (Å²) in [4.78, 5) is 36.7. The van der Waals surface area contributed by atoms with E-state index in [1.54, 1.807) is 0 Å². The summed E-state index contributed by atoms with van der Waals surface area (Å²) in [6, 6.07) is -0.615. The molecule has 8 nitrogen and oxygen atoms in total. The number of aliphatic carboxylic acids is 1. The van der Waals surface area contributed by atoms with Crippen LogP contribution in [0.3, 0.4) is 0 Å². The molecule has 0 heterocycles. The van der Waals surface area contributed by atoms with Gasteiger partial charge >= 0.3 is 17.9 Å². The van der Waals surface area contributed by atoms with Crippen LogP contribution in [0.4, 0.5) is 0 Å². The first kappa shape index (κ1) is 46.8. The van der Waals surface area contributed by atoms with Crippen LogP contribution in [0, 0.1) is 0 Å². The maximum absolute atomic E-state index is 12.6. The minimum absolute atomic E-state index is 0.0512. The maximum Gasteiger partial charge on any atom is 0.362 e. The lowest BCUT2D eigenvalue weighted by Crippen LogP contribution is -2.50. The van der Waals surface area contributed by atoms with Gasteiger partial charge in [-0.15, -0.1) is 0 Å². The van der Waals surface area contributed by atoms with Crippen molar-refractivity contribution in [3.05, 3.63) is 24.3 Å². The van der Waals surface area contributed by atoms with Crippen LogP contribution in [-0.4, -0.2) is 80.6 Å². The van der Waals surface area contributed by atoms with Gasteiger partial charge in [0.25, 0.3) is 0 Å². The van der Waals surface area contributed by atoms with Crippen molar-refractivity contribution in [1.82, 2.24) is 0 Å². The van der Waals surface area contributed by atoms with E-state index in [0.29, 0.717) is 19.3 Å². The number of carboxylic acids is 1. The number of carbonyl (C=O) groups excluding carboxylic acids is 2. The third kappa shape index (κ3) is 31.5. The van der Waals surface area contributed by atoms with Crippen molar-refractivity contribution in [2.45, 2.75) is 180 Å². The molecule has 0 spiro atoms. The molecule has 0 radical (unpaired) electrons. The second-order valence-corrected chi connectivity index (χ2v) is 14.5. The summed E-state index contributed by atoms with van der Waals surface area (Å²) in [7, 11) is 5.50. The van der Waals surface area contributed by atoms with Crippen LogP contribution in [-0.2, 0) is 28.6 Å². The molecule has 0 aliphatic carbocycles. The highest BCUT2D eigenvalue weighted by molar-refractivity contribution is 5.72. The highest BCUT2D eigenvalue weighted by atomic mass is 16.6. The fourth-order valence-corrected chi connectivity index (χ4v) is 5.78. The molecule has 49 heavy (non-hydrogen) atoms. The third-order valence-corrected chi connectivity index (χ3v) is 8.87. The van der Waals surface area contributed by atoms with Crippen molar-refractivity contribution in [3.63, 3.8) is 0 Å². The van der Waals surface area contributed by atoms with E-state index < -0.39 is 18.1 Å². The summed E-state index contributed by atoms with van der Waals surface area (Å²) in [6.45, 7) is 4.57. The van der Waals surface area contributed by atoms with Crippen molar-refractivity contribution in [2.24, 2.45) is 0 Å². The summed E-state index contributed by atoms with van der Waals surface area (Å²) in [5, 5.41) is 9.57. The second-order valence-electron chi connectivity index (χ2n) is 14.5. The van der Waals surface area contributed by atoms with Crippen LogP contribution in [0.2, 0.25) is 0 Å². The number of hydrogen-bond acceptors (Lipinski definition) is 6. The van der Waals surface area contributed by atoms with Gasteiger partial charge in [-0.3, -0.25) is 9.59 Å². The molecule has 0 aromatic carbocycles. The van der Waals surface area contributed by atoms with Gasteiger partial charge in [0.15, 0.2) is 12.1 Å². The molecular weight excluding hydrogens is 618 g/mol. The van der Waals surface area contributed by atoms with Crippen molar-refractivity contribution in [2.75, 3.05) is 41.0 Å². The van der Waals surface area contributed by atoms with Crippen LogP contribution < -0.4 is 0 Å². The Morgan fingerprint density at radius 3 is 1.67 bits per heavy atom. The normalized spacial score (nSPS) is 13.2. The first-order valence-corrected chi connectivity index (χ1v) is 19.9. The van der Waals surface area contributed by atoms with Crippen molar-refractivity contribution >= 4 is 17.9 Å². The molecule has 0 aromatic rings. The summed E-state index contributed by atoms with van der Waals surface area (Å²) in [6.07, 6.45) is 33.8. The Balaban J connectivity index is 4.33. The molecule has 0 aliphatic heterocycles. The maximum atomic E-state index is 12.6. The van der Waals surface area contributed by atoms with Crippen molar-refractivity contribution in [1.29, 1.82) is 0 Å². The zero-order valence-electron chi connectivity index (χ0n) is 32.4. The number of unbranched alkanes of at least 4 members (excludes halogenated alkanes) is 17. The quantitative estimate of drug-likeness (QED) is 0.0305. The van der Waals surface area contributed by atoms with E-state index in [0.717, 1.165) is 44.9 Å². The first-order valence-electron chi connectivity index (χ1n) is 19.9. The van der Waals surface area contributed by atoms with Crippen LogP contribution in [0.25, 0.3) is 0 Å². The molecule has 0 saturated carbocycles. The Morgan fingerprint density at radius 1 is 0.633 bits per heavy atom. The van der Waals surface area contributed by atoms with Crippen LogP contribution >= 0.6 is 0 Å². The average Bonchev–Trinajstić information content (AvgIpc) is 3.05. The van der Waals surface area contributed by atoms with Crippen molar-refractivity contribution < 1.29 is 38.2 Å². The van der Waals surface area contributed by atoms with Gasteiger partial charge in [-0.05, 0) is 38.5 Å². The Morgan fingerprint density at radius 2 is 1.14 bits per heavy atom. The zero-order valence-corrected chi connectivity index (χ0v) is 32.4. The number of carboxylic acid groups (broad SMARTS) is 1. The number of nitrogens with zero attached hydrogens (tertiary/aromatic N) is 1. The minimum atomic E-state index is -0.880. The second kappa shape index (κ2) is 33.0. The van der Waals surface area contributed by atoms with Crippen LogP contribution in [0.1, 0.15) is 168 Å². The Hall–Kier alpha value is -2.19. The first-order chi connectivity index (χ1) is 23.6. The largest absolute Gasteiger partial charge is 0.477 e. The van der Waals surface area contributed by atoms with E-state index in [1.165, 1.54) is 83.5 Å². The predicted octanol–water partition coefficient (Wildman–Crippen LogP) is 10.1. The highest BCUT2D eigenvalue weighted by Crippen LogP contribution is 2.15. The van der Waals surface area contributed by atoms with Gasteiger partial charge < -0.3 is 23.8 Å². The zero-order chi connectivity index (χ0) is 36.4. The summed E-state index contributed by atoms with van der Waals surface area (Å²) >= 11 is 0. The van der Waals surface area contributed by atoms with Gasteiger partial charge in [0.05, 0.1) is 34.4 Å². The molecule has 286 valence electrons. The third-order valence-electron chi connectivity index (χ3n) is 8.87. The SMILES string of the molecule is CC/C=C/C/C=C/CCCCC(=O)OC(COCCC(C(=O)O)[N+](C)(C)C)COC(=O)CCCCCCCCCCCCCCCCCC.